The summed E-state index contributed by atoms with van der Waals surface area (Å²) >= 11 is 0. The summed E-state index contributed by atoms with van der Waals surface area (Å²) in [6, 6.07) is 12.8. The van der Waals surface area contributed by atoms with Crippen molar-refractivity contribution in [3.63, 3.8) is 0 Å². The minimum atomic E-state index is -0.420. The first-order valence-electron chi connectivity index (χ1n) is 9.80. The third-order valence-corrected chi connectivity index (χ3v) is 5.10. The van der Waals surface area contributed by atoms with Gasteiger partial charge in [0.15, 0.2) is 6.10 Å². The van der Waals surface area contributed by atoms with Crippen molar-refractivity contribution in [2.75, 3.05) is 36.0 Å². The van der Waals surface area contributed by atoms with Crippen LogP contribution in [-0.4, -0.2) is 54.6 Å². The van der Waals surface area contributed by atoms with E-state index in [1.54, 1.807) is 22.1 Å². The highest BCUT2D eigenvalue weighted by Crippen LogP contribution is 2.27. The van der Waals surface area contributed by atoms with Crippen LogP contribution >= 0.6 is 0 Å². The number of cyclic esters (lactones) is 1. The van der Waals surface area contributed by atoms with E-state index in [-0.39, 0.29) is 12.6 Å². The fourth-order valence-corrected chi connectivity index (χ4v) is 3.51. The van der Waals surface area contributed by atoms with E-state index < -0.39 is 12.2 Å². The lowest BCUT2D eigenvalue weighted by atomic mass is 10.1. The lowest BCUT2D eigenvalue weighted by Gasteiger charge is -2.15. The number of rotatable bonds is 6. The van der Waals surface area contributed by atoms with E-state index >= 15 is 0 Å². The number of anilines is 2. The minimum Gasteiger partial charge on any atom is -0.471 e. The maximum atomic E-state index is 12.3. The average Bonchev–Trinajstić information content (AvgIpc) is 3.54. The predicted octanol–water partition coefficient (Wildman–Crippen LogP) is 2.67. The maximum Gasteiger partial charge on any atom is 0.414 e. The first-order chi connectivity index (χ1) is 15.2. The molecule has 0 aliphatic carbocycles. The molecule has 0 saturated carbocycles. The molecule has 2 aliphatic heterocycles. The van der Waals surface area contributed by atoms with Crippen LogP contribution in [0.5, 0.6) is 5.88 Å². The van der Waals surface area contributed by atoms with Crippen LogP contribution in [0.15, 0.2) is 59.4 Å². The Bertz CT molecular complexity index is 1070. The number of nitrogens with zero attached hydrogens (tertiary/aromatic N) is 4. The zero-order valence-corrected chi connectivity index (χ0v) is 16.4. The van der Waals surface area contributed by atoms with E-state index in [1.807, 2.05) is 36.4 Å². The van der Waals surface area contributed by atoms with Crippen LogP contribution in [0.3, 0.4) is 0 Å². The highest BCUT2D eigenvalue weighted by atomic mass is 16.6. The van der Waals surface area contributed by atoms with E-state index in [2.05, 4.69) is 15.5 Å². The van der Waals surface area contributed by atoms with Crippen LogP contribution in [0.1, 0.15) is 0 Å². The monoisotopic (exact) mass is 421 g/mol. The van der Waals surface area contributed by atoms with Crippen LogP contribution in [0, 0.1) is 0 Å². The molecule has 2 aliphatic rings. The Morgan fingerprint density at radius 3 is 2.58 bits per heavy atom. The Morgan fingerprint density at radius 2 is 1.90 bits per heavy atom. The number of aromatic nitrogens is 2. The van der Waals surface area contributed by atoms with Crippen molar-refractivity contribution in [1.29, 1.82) is 0 Å². The van der Waals surface area contributed by atoms with Gasteiger partial charge in [-0.1, -0.05) is 12.1 Å². The zero-order chi connectivity index (χ0) is 21.2. The molecule has 0 radical (unpaired) electrons. The van der Waals surface area contributed by atoms with Crippen LogP contribution in [0.2, 0.25) is 0 Å². The summed E-state index contributed by atoms with van der Waals surface area (Å²) in [5.74, 6) is 0.970. The summed E-state index contributed by atoms with van der Waals surface area (Å²) in [7, 11) is 0. The number of carbonyl (C=O) groups is 2. The molecule has 2 fully saturated rings. The molecule has 10 nitrogen and oxygen atoms in total. The molecular weight excluding hydrogens is 402 g/mol. The Labute approximate surface area is 177 Å². The summed E-state index contributed by atoms with van der Waals surface area (Å²) in [6.07, 6.45) is 2.33. The third kappa shape index (κ3) is 3.87. The van der Waals surface area contributed by atoms with Gasteiger partial charge in [-0.25, -0.2) is 14.6 Å². The van der Waals surface area contributed by atoms with Gasteiger partial charge in [0.1, 0.15) is 18.7 Å². The van der Waals surface area contributed by atoms with Gasteiger partial charge in [-0.3, -0.25) is 9.80 Å². The summed E-state index contributed by atoms with van der Waals surface area (Å²) in [5, 5.41) is 6.42. The van der Waals surface area contributed by atoms with Crippen molar-refractivity contribution < 1.29 is 23.6 Å². The van der Waals surface area contributed by atoms with E-state index in [9.17, 15) is 9.59 Å². The van der Waals surface area contributed by atoms with Crippen LogP contribution in [0.4, 0.5) is 21.1 Å². The van der Waals surface area contributed by atoms with E-state index in [1.165, 1.54) is 6.26 Å². The van der Waals surface area contributed by atoms with Crippen LogP contribution < -0.4 is 19.9 Å². The largest absolute Gasteiger partial charge is 0.471 e. The molecule has 3 amide bonds. The van der Waals surface area contributed by atoms with Crippen molar-refractivity contribution in [3.05, 3.63) is 54.9 Å². The summed E-state index contributed by atoms with van der Waals surface area (Å²) < 4.78 is 15.5. The van der Waals surface area contributed by atoms with Crippen molar-refractivity contribution in [1.82, 2.24) is 15.5 Å². The molecule has 1 atom stereocenters. The molecule has 2 aromatic heterocycles. The van der Waals surface area contributed by atoms with E-state index in [0.717, 1.165) is 16.8 Å². The van der Waals surface area contributed by atoms with Gasteiger partial charge in [-0.05, 0) is 35.0 Å². The summed E-state index contributed by atoms with van der Waals surface area (Å²) in [6.45, 7) is 1.80. The maximum absolute atomic E-state index is 12.3. The molecule has 1 N–H and O–H groups in total. The van der Waals surface area contributed by atoms with Crippen LogP contribution in [0.25, 0.3) is 11.1 Å². The van der Waals surface area contributed by atoms with Gasteiger partial charge in [0, 0.05) is 36.6 Å². The van der Waals surface area contributed by atoms with Crippen molar-refractivity contribution >= 4 is 23.6 Å². The second-order valence-electron chi connectivity index (χ2n) is 7.10. The van der Waals surface area contributed by atoms with Gasteiger partial charge in [0.2, 0.25) is 0 Å². The third-order valence-electron chi connectivity index (χ3n) is 5.10. The average molecular weight is 421 g/mol. The lowest BCUT2D eigenvalue weighted by molar-refractivity contribution is 0.102. The lowest BCUT2D eigenvalue weighted by Crippen LogP contribution is -2.28. The zero-order valence-electron chi connectivity index (χ0n) is 16.4. The number of amides is 3. The number of ether oxygens (including phenoxy) is 2. The number of hydrogen-bond acceptors (Lipinski definition) is 7. The summed E-state index contributed by atoms with van der Waals surface area (Å²) in [5.41, 5.74) is 2.60. The Kier molecular flexibility index (Phi) is 4.87. The number of pyridine rings is 1. The van der Waals surface area contributed by atoms with Crippen LogP contribution in [-0.2, 0) is 4.74 Å². The van der Waals surface area contributed by atoms with E-state index in [4.69, 9.17) is 14.0 Å². The molecule has 5 rings (SSSR count). The smallest absolute Gasteiger partial charge is 0.414 e. The Morgan fingerprint density at radius 1 is 1.06 bits per heavy atom. The molecule has 0 bridgehead atoms. The molecule has 3 aromatic rings. The molecule has 158 valence electrons. The van der Waals surface area contributed by atoms with E-state index in [0.29, 0.717) is 31.3 Å². The Hall–Kier alpha value is -4.08. The van der Waals surface area contributed by atoms with Crippen molar-refractivity contribution in [2.45, 2.75) is 6.10 Å². The number of carbonyl (C=O) groups excluding carboxylic acids is 2. The normalized spacial score (nSPS) is 18.3. The molecular formula is C21H19N5O5. The van der Waals surface area contributed by atoms with Crippen molar-refractivity contribution in [3.8, 4) is 17.0 Å². The van der Waals surface area contributed by atoms with Gasteiger partial charge in [0.05, 0.1) is 6.54 Å². The molecule has 4 heterocycles. The second kappa shape index (κ2) is 7.98. The van der Waals surface area contributed by atoms with Gasteiger partial charge >= 0.3 is 12.1 Å². The first-order valence-corrected chi connectivity index (χ1v) is 9.80. The molecule has 10 heteroatoms. The number of benzene rings is 1. The minimum absolute atomic E-state index is 0.133. The standard InChI is InChI=1S/C21H19N5O5/c27-20-22-8-9-25(20)18-6-3-15(11-23-18)14-1-4-16(5-2-14)26-12-17(31-21(26)28)13-29-19-7-10-30-24-19/h1-7,10-11,17H,8-9,12-13H2,(H,22,27). The highest BCUT2D eigenvalue weighted by molar-refractivity contribution is 5.93. The quantitative estimate of drug-likeness (QED) is 0.651. The number of urea groups is 1. The molecule has 2 saturated heterocycles. The topological polar surface area (TPSA) is 110 Å². The number of nitrogens with one attached hydrogen (secondary N) is 1. The summed E-state index contributed by atoms with van der Waals surface area (Å²) in [4.78, 5) is 31.6. The highest BCUT2D eigenvalue weighted by Gasteiger charge is 2.33. The molecule has 0 spiro atoms. The SMILES string of the molecule is O=C1OC(COc2ccon2)CN1c1ccc(-c2ccc(N3CCNC3=O)nc2)cc1. The van der Waals surface area contributed by atoms with Crippen molar-refractivity contribution in [2.24, 2.45) is 0 Å². The molecule has 31 heavy (non-hydrogen) atoms. The fourth-order valence-electron chi connectivity index (χ4n) is 3.51. The fraction of sp³-hybridized carbons (Fsp3) is 0.238. The second-order valence-corrected chi connectivity index (χ2v) is 7.10. The molecule has 1 unspecified atom stereocenters. The molecule has 1 aromatic carbocycles. The first kappa shape index (κ1) is 18.9. The number of hydrogen-bond donors (Lipinski definition) is 1. The van der Waals surface area contributed by atoms with Gasteiger partial charge in [-0.15, -0.1) is 0 Å². The van der Waals surface area contributed by atoms with Gasteiger partial charge in [0.25, 0.3) is 5.88 Å². The Balaban J connectivity index is 1.23. The predicted molar refractivity (Wildman–Crippen MR) is 110 cm³/mol. The van der Waals surface area contributed by atoms with Gasteiger partial charge in [-0.2, -0.15) is 0 Å². The van der Waals surface area contributed by atoms with Gasteiger partial charge < -0.3 is 19.3 Å².